The molecule has 0 aliphatic rings. The van der Waals surface area contributed by atoms with Crippen molar-refractivity contribution in [3.8, 4) is 0 Å². The highest BCUT2D eigenvalue weighted by Crippen LogP contribution is 2.31. The summed E-state index contributed by atoms with van der Waals surface area (Å²) in [5.74, 6) is -0.162. The maximum absolute atomic E-state index is 11.6. The molecule has 1 amide bonds. The van der Waals surface area contributed by atoms with Crippen LogP contribution in [0.3, 0.4) is 0 Å². The molecule has 1 rings (SSSR count). The van der Waals surface area contributed by atoms with Crippen molar-refractivity contribution in [1.82, 2.24) is 5.06 Å². The molecule has 0 N–H and O–H groups in total. The Balaban J connectivity index is 2.94. The number of nitrogens with zero attached hydrogens (tertiary/aromatic N) is 1. The molecule has 1 aromatic heterocycles. The van der Waals surface area contributed by atoms with E-state index < -0.39 is 0 Å². The second kappa shape index (κ2) is 4.54. The summed E-state index contributed by atoms with van der Waals surface area (Å²) in [5, 5.41) is 1.18. The highest BCUT2D eigenvalue weighted by molar-refractivity contribution is 9.11. The minimum absolute atomic E-state index is 0.162. The predicted octanol–water partition coefficient (Wildman–Crippen LogP) is 2.91. The molecule has 0 bridgehead atoms. The average Bonchev–Trinajstić information content (AvgIpc) is 2.42. The number of halogens is 2. The van der Waals surface area contributed by atoms with Crippen molar-refractivity contribution >= 4 is 49.1 Å². The molecule has 0 saturated heterocycles. The standard InChI is InChI=1S/C7H7Br2NO2S/c1-10(12-2)7(11)6-4(8)3-5(9)13-6/h3H,1-2H3. The van der Waals surface area contributed by atoms with E-state index in [0.29, 0.717) is 4.88 Å². The number of hydroxylamine groups is 2. The van der Waals surface area contributed by atoms with Crippen LogP contribution in [0.4, 0.5) is 0 Å². The lowest BCUT2D eigenvalue weighted by Gasteiger charge is -2.12. The van der Waals surface area contributed by atoms with Gasteiger partial charge in [0.25, 0.3) is 5.91 Å². The lowest BCUT2D eigenvalue weighted by atomic mass is 10.4. The summed E-state index contributed by atoms with van der Waals surface area (Å²) in [6.45, 7) is 0. The number of carbonyl (C=O) groups excluding carboxylic acids is 1. The molecule has 72 valence electrons. The number of rotatable bonds is 2. The zero-order valence-corrected chi connectivity index (χ0v) is 11.0. The minimum atomic E-state index is -0.162. The van der Waals surface area contributed by atoms with Crippen LogP contribution in [0.15, 0.2) is 14.3 Å². The Morgan fingerprint density at radius 1 is 1.62 bits per heavy atom. The van der Waals surface area contributed by atoms with Crippen LogP contribution in [0.5, 0.6) is 0 Å². The molecule has 13 heavy (non-hydrogen) atoms. The van der Waals surface area contributed by atoms with E-state index in [2.05, 4.69) is 31.9 Å². The normalized spacial score (nSPS) is 10.2. The first-order valence-electron chi connectivity index (χ1n) is 3.33. The quantitative estimate of drug-likeness (QED) is 0.781. The first-order valence-corrected chi connectivity index (χ1v) is 5.73. The fourth-order valence-electron chi connectivity index (χ4n) is 0.713. The Labute approximate surface area is 96.9 Å². The van der Waals surface area contributed by atoms with Gasteiger partial charge in [-0.15, -0.1) is 11.3 Å². The van der Waals surface area contributed by atoms with E-state index in [1.807, 2.05) is 6.07 Å². The van der Waals surface area contributed by atoms with Crippen LogP contribution in [0.1, 0.15) is 9.67 Å². The summed E-state index contributed by atoms with van der Waals surface area (Å²) < 4.78 is 1.69. The third-order valence-corrected chi connectivity index (χ3v) is 3.92. The molecule has 0 saturated carbocycles. The SMILES string of the molecule is CON(C)C(=O)c1sc(Br)cc1Br. The molecule has 0 unspecified atom stereocenters. The van der Waals surface area contributed by atoms with Gasteiger partial charge in [-0.3, -0.25) is 9.63 Å². The van der Waals surface area contributed by atoms with Crippen LogP contribution in [0, 0.1) is 0 Å². The van der Waals surface area contributed by atoms with Crippen LogP contribution < -0.4 is 0 Å². The molecule has 1 heterocycles. The molecule has 0 radical (unpaired) electrons. The van der Waals surface area contributed by atoms with Crippen LogP contribution in [0.2, 0.25) is 0 Å². The Hall–Kier alpha value is 0.0900. The maximum atomic E-state index is 11.6. The van der Waals surface area contributed by atoms with Gasteiger partial charge in [0.1, 0.15) is 4.88 Å². The van der Waals surface area contributed by atoms with Crippen LogP contribution >= 0.6 is 43.2 Å². The van der Waals surface area contributed by atoms with Crippen molar-refractivity contribution in [1.29, 1.82) is 0 Å². The van der Waals surface area contributed by atoms with Gasteiger partial charge < -0.3 is 0 Å². The van der Waals surface area contributed by atoms with Gasteiger partial charge in [0.15, 0.2) is 0 Å². The third-order valence-electron chi connectivity index (χ3n) is 1.41. The molecule has 0 aliphatic heterocycles. The van der Waals surface area contributed by atoms with Gasteiger partial charge in [-0.05, 0) is 37.9 Å². The Morgan fingerprint density at radius 3 is 2.62 bits per heavy atom. The number of hydrogen-bond donors (Lipinski definition) is 0. The van der Waals surface area contributed by atoms with Crippen molar-refractivity contribution < 1.29 is 9.63 Å². The predicted molar refractivity (Wildman–Crippen MR) is 58.8 cm³/mol. The van der Waals surface area contributed by atoms with Crippen LogP contribution in [-0.4, -0.2) is 25.1 Å². The number of amides is 1. The summed E-state index contributed by atoms with van der Waals surface area (Å²) >= 11 is 7.96. The van der Waals surface area contributed by atoms with Crippen LogP contribution in [0.25, 0.3) is 0 Å². The number of carbonyl (C=O) groups is 1. The van der Waals surface area contributed by atoms with E-state index in [1.165, 1.54) is 23.5 Å². The van der Waals surface area contributed by atoms with Crippen molar-refractivity contribution in [3.63, 3.8) is 0 Å². The summed E-state index contributed by atoms with van der Waals surface area (Å²) in [4.78, 5) is 17.0. The Morgan fingerprint density at radius 2 is 2.23 bits per heavy atom. The fraction of sp³-hybridized carbons (Fsp3) is 0.286. The highest BCUT2D eigenvalue weighted by atomic mass is 79.9. The van der Waals surface area contributed by atoms with Gasteiger partial charge in [0, 0.05) is 11.5 Å². The van der Waals surface area contributed by atoms with E-state index >= 15 is 0 Å². The first-order chi connectivity index (χ1) is 6.06. The first kappa shape index (κ1) is 11.2. The summed E-state index contributed by atoms with van der Waals surface area (Å²) in [6.07, 6.45) is 0. The van der Waals surface area contributed by atoms with Crippen molar-refractivity contribution in [2.45, 2.75) is 0 Å². The van der Waals surface area contributed by atoms with Gasteiger partial charge in [-0.2, -0.15) is 0 Å². The van der Waals surface area contributed by atoms with E-state index in [0.717, 1.165) is 8.26 Å². The minimum Gasteiger partial charge on any atom is -0.274 e. The van der Waals surface area contributed by atoms with E-state index in [1.54, 1.807) is 7.05 Å². The topological polar surface area (TPSA) is 29.5 Å². The molecule has 0 aromatic carbocycles. The monoisotopic (exact) mass is 327 g/mol. The molecule has 0 atom stereocenters. The van der Waals surface area contributed by atoms with E-state index in [-0.39, 0.29) is 5.91 Å². The Bertz CT molecular complexity index is 326. The number of thiophene rings is 1. The van der Waals surface area contributed by atoms with E-state index in [9.17, 15) is 4.79 Å². The van der Waals surface area contributed by atoms with Gasteiger partial charge >= 0.3 is 0 Å². The lowest BCUT2D eigenvalue weighted by molar-refractivity contribution is -0.0754. The van der Waals surface area contributed by atoms with E-state index in [4.69, 9.17) is 4.84 Å². The molecule has 1 aromatic rings. The highest BCUT2D eigenvalue weighted by Gasteiger charge is 2.17. The fourth-order valence-corrected chi connectivity index (χ4v) is 3.27. The van der Waals surface area contributed by atoms with Gasteiger partial charge in [-0.25, -0.2) is 5.06 Å². The third kappa shape index (κ3) is 2.52. The maximum Gasteiger partial charge on any atom is 0.288 e. The molecule has 0 fully saturated rings. The lowest BCUT2D eigenvalue weighted by Crippen LogP contribution is -2.24. The molecule has 6 heteroatoms. The molecule has 0 spiro atoms. The molecular formula is C7H7Br2NO2S. The largest absolute Gasteiger partial charge is 0.288 e. The average molecular weight is 329 g/mol. The molecule has 3 nitrogen and oxygen atoms in total. The number of hydrogen-bond acceptors (Lipinski definition) is 3. The van der Waals surface area contributed by atoms with Crippen molar-refractivity contribution in [2.24, 2.45) is 0 Å². The summed E-state index contributed by atoms with van der Waals surface area (Å²) in [6, 6.07) is 1.83. The van der Waals surface area contributed by atoms with Gasteiger partial charge in [-0.1, -0.05) is 0 Å². The molecule has 0 aliphatic carbocycles. The smallest absolute Gasteiger partial charge is 0.274 e. The van der Waals surface area contributed by atoms with Crippen molar-refractivity contribution in [3.05, 3.63) is 19.2 Å². The summed E-state index contributed by atoms with van der Waals surface area (Å²) in [5.41, 5.74) is 0. The van der Waals surface area contributed by atoms with Gasteiger partial charge in [0.2, 0.25) is 0 Å². The zero-order chi connectivity index (χ0) is 10.0. The second-order valence-corrected chi connectivity index (χ2v) is 5.50. The molecular weight excluding hydrogens is 322 g/mol. The van der Waals surface area contributed by atoms with Crippen molar-refractivity contribution in [2.75, 3.05) is 14.2 Å². The van der Waals surface area contributed by atoms with Gasteiger partial charge in [0.05, 0.1) is 10.9 Å². The Kier molecular flexibility index (Phi) is 3.90. The summed E-state index contributed by atoms with van der Waals surface area (Å²) in [7, 11) is 3.02. The second-order valence-electron chi connectivity index (χ2n) is 2.21. The van der Waals surface area contributed by atoms with Crippen LogP contribution in [-0.2, 0) is 4.84 Å². The zero-order valence-electron chi connectivity index (χ0n) is 7.01.